The first-order chi connectivity index (χ1) is 9.32. The zero-order valence-corrected chi connectivity index (χ0v) is 13.1. The van der Waals surface area contributed by atoms with Crippen LogP contribution in [0.1, 0.15) is 96.8 Å². The van der Waals surface area contributed by atoms with Crippen molar-refractivity contribution in [3.63, 3.8) is 0 Å². The zero-order valence-electron chi connectivity index (χ0n) is 13.1. The normalized spacial score (nSPS) is 36.2. The highest BCUT2D eigenvalue weighted by Crippen LogP contribution is 2.60. The molecule has 0 heteroatoms. The first-order valence-corrected chi connectivity index (χ1v) is 9.32. The minimum absolute atomic E-state index is 0.834. The number of rotatable bonds is 7. The fourth-order valence-corrected chi connectivity index (χ4v) is 5.77. The molecule has 1 unspecified atom stereocenters. The standard InChI is InChI=1S/C19H34/c1-2-3-4-9-18(14-16-7-5-6-8-16)19-12-10-17(15-19)11-13-19/h16-18H,2-15H2,1H3. The third kappa shape index (κ3) is 3.03. The van der Waals surface area contributed by atoms with E-state index in [0.717, 1.165) is 23.2 Å². The van der Waals surface area contributed by atoms with E-state index in [1.807, 2.05) is 0 Å². The summed E-state index contributed by atoms with van der Waals surface area (Å²) >= 11 is 0. The monoisotopic (exact) mass is 262 g/mol. The summed E-state index contributed by atoms with van der Waals surface area (Å²) in [6.07, 6.45) is 21.7. The van der Waals surface area contributed by atoms with Crippen LogP contribution in [-0.2, 0) is 0 Å². The summed E-state index contributed by atoms with van der Waals surface area (Å²) < 4.78 is 0. The highest BCUT2D eigenvalue weighted by molar-refractivity contribution is 5.00. The smallest absolute Gasteiger partial charge is 0.0266 e. The van der Waals surface area contributed by atoms with Crippen molar-refractivity contribution >= 4 is 0 Å². The molecule has 0 N–H and O–H groups in total. The van der Waals surface area contributed by atoms with Crippen LogP contribution in [0.15, 0.2) is 0 Å². The third-order valence-electron chi connectivity index (χ3n) is 6.91. The van der Waals surface area contributed by atoms with Crippen LogP contribution in [0.5, 0.6) is 0 Å². The maximum atomic E-state index is 2.35. The van der Waals surface area contributed by atoms with E-state index in [2.05, 4.69) is 6.92 Å². The lowest BCUT2D eigenvalue weighted by Gasteiger charge is -2.38. The van der Waals surface area contributed by atoms with Gasteiger partial charge >= 0.3 is 0 Å². The Morgan fingerprint density at radius 2 is 1.74 bits per heavy atom. The summed E-state index contributed by atoms with van der Waals surface area (Å²) in [5.41, 5.74) is 0.834. The van der Waals surface area contributed by atoms with Crippen LogP contribution in [0.4, 0.5) is 0 Å². The molecular weight excluding hydrogens is 228 g/mol. The average Bonchev–Trinajstić information content (AvgIpc) is 3.15. The van der Waals surface area contributed by atoms with Crippen molar-refractivity contribution in [2.45, 2.75) is 96.8 Å². The van der Waals surface area contributed by atoms with Crippen LogP contribution in [0.25, 0.3) is 0 Å². The van der Waals surface area contributed by atoms with Crippen molar-refractivity contribution < 1.29 is 0 Å². The fraction of sp³-hybridized carbons (Fsp3) is 1.00. The molecule has 3 fully saturated rings. The van der Waals surface area contributed by atoms with Gasteiger partial charge in [0.25, 0.3) is 0 Å². The molecule has 0 aromatic rings. The lowest BCUT2D eigenvalue weighted by atomic mass is 9.67. The molecule has 0 aromatic heterocycles. The molecule has 1 atom stereocenters. The van der Waals surface area contributed by atoms with Gasteiger partial charge in [0, 0.05) is 0 Å². The third-order valence-corrected chi connectivity index (χ3v) is 6.91. The van der Waals surface area contributed by atoms with Gasteiger partial charge in [-0.1, -0.05) is 51.9 Å². The number of hydrogen-bond acceptors (Lipinski definition) is 0. The van der Waals surface area contributed by atoms with Crippen molar-refractivity contribution in [1.29, 1.82) is 0 Å². The quantitative estimate of drug-likeness (QED) is 0.469. The van der Waals surface area contributed by atoms with E-state index in [4.69, 9.17) is 0 Å². The number of fused-ring (bicyclic) bond motifs is 2. The SMILES string of the molecule is CCCCCC(CC1CCCC1)C12CCC(CC1)C2. The van der Waals surface area contributed by atoms with Crippen molar-refractivity contribution in [2.75, 3.05) is 0 Å². The van der Waals surface area contributed by atoms with E-state index in [0.29, 0.717) is 0 Å². The lowest BCUT2D eigenvalue weighted by Crippen LogP contribution is -2.28. The van der Waals surface area contributed by atoms with Crippen LogP contribution >= 0.6 is 0 Å². The Balaban J connectivity index is 1.61. The Morgan fingerprint density at radius 1 is 1.00 bits per heavy atom. The van der Waals surface area contributed by atoms with E-state index in [1.165, 1.54) is 32.1 Å². The average molecular weight is 262 g/mol. The molecule has 19 heavy (non-hydrogen) atoms. The lowest BCUT2D eigenvalue weighted by molar-refractivity contribution is 0.126. The van der Waals surface area contributed by atoms with Gasteiger partial charge in [0.15, 0.2) is 0 Å². The minimum atomic E-state index is 0.834. The zero-order chi connectivity index (χ0) is 13.1. The fourth-order valence-electron chi connectivity index (χ4n) is 5.77. The molecule has 3 rings (SSSR count). The molecule has 0 aromatic carbocycles. The van der Waals surface area contributed by atoms with Crippen LogP contribution < -0.4 is 0 Å². The van der Waals surface area contributed by atoms with Gasteiger partial charge in [0.05, 0.1) is 0 Å². The van der Waals surface area contributed by atoms with Crippen LogP contribution in [-0.4, -0.2) is 0 Å². The van der Waals surface area contributed by atoms with E-state index >= 15 is 0 Å². The van der Waals surface area contributed by atoms with Crippen LogP contribution in [0.3, 0.4) is 0 Å². The first kappa shape index (κ1) is 14.0. The van der Waals surface area contributed by atoms with E-state index in [1.54, 1.807) is 57.8 Å². The van der Waals surface area contributed by atoms with Gasteiger partial charge in [-0.25, -0.2) is 0 Å². The predicted octanol–water partition coefficient (Wildman–Crippen LogP) is 6.34. The first-order valence-electron chi connectivity index (χ1n) is 9.32. The van der Waals surface area contributed by atoms with Gasteiger partial charge in [-0.05, 0) is 68.1 Å². The molecule has 0 spiro atoms. The van der Waals surface area contributed by atoms with Crippen LogP contribution in [0.2, 0.25) is 0 Å². The van der Waals surface area contributed by atoms with Crippen LogP contribution in [0, 0.1) is 23.2 Å². The van der Waals surface area contributed by atoms with Gasteiger partial charge in [-0.15, -0.1) is 0 Å². The second-order valence-corrected chi connectivity index (χ2v) is 8.09. The summed E-state index contributed by atoms with van der Waals surface area (Å²) in [6, 6.07) is 0. The number of unbranched alkanes of at least 4 members (excludes halogenated alkanes) is 2. The molecular formula is C19H34. The molecule has 0 radical (unpaired) electrons. The van der Waals surface area contributed by atoms with Gasteiger partial charge < -0.3 is 0 Å². The maximum Gasteiger partial charge on any atom is -0.0266 e. The second kappa shape index (κ2) is 6.19. The molecule has 3 aliphatic rings. The van der Waals surface area contributed by atoms with Gasteiger partial charge in [0.1, 0.15) is 0 Å². The molecule has 3 aliphatic carbocycles. The Bertz CT molecular complexity index is 266. The largest absolute Gasteiger partial charge is 0.0654 e. The van der Waals surface area contributed by atoms with E-state index in [-0.39, 0.29) is 0 Å². The summed E-state index contributed by atoms with van der Waals surface area (Å²) in [7, 11) is 0. The summed E-state index contributed by atoms with van der Waals surface area (Å²) in [4.78, 5) is 0. The van der Waals surface area contributed by atoms with Crippen molar-refractivity contribution in [3.05, 3.63) is 0 Å². The van der Waals surface area contributed by atoms with E-state index in [9.17, 15) is 0 Å². The molecule has 3 saturated carbocycles. The van der Waals surface area contributed by atoms with Gasteiger partial charge in [-0.3, -0.25) is 0 Å². The Kier molecular flexibility index (Phi) is 4.54. The molecule has 0 heterocycles. The summed E-state index contributed by atoms with van der Waals surface area (Å²) in [6.45, 7) is 2.35. The molecule has 2 bridgehead atoms. The maximum absolute atomic E-state index is 2.35. The van der Waals surface area contributed by atoms with Crippen molar-refractivity contribution in [3.8, 4) is 0 Å². The van der Waals surface area contributed by atoms with E-state index < -0.39 is 0 Å². The summed E-state index contributed by atoms with van der Waals surface area (Å²) in [5.74, 6) is 3.35. The second-order valence-electron chi connectivity index (χ2n) is 8.09. The van der Waals surface area contributed by atoms with Gasteiger partial charge in [-0.2, -0.15) is 0 Å². The molecule has 0 nitrogen and oxygen atoms in total. The minimum Gasteiger partial charge on any atom is -0.0654 e. The molecule has 110 valence electrons. The van der Waals surface area contributed by atoms with Crippen molar-refractivity contribution in [1.82, 2.24) is 0 Å². The molecule has 0 aliphatic heterocycles. The Labute approximate surface area is 120 Å². The molecule has 0 amide bonds. The van der Waals surface area contributed by atoms with Gasteiger partial charge in [0.2, 0.25) is 0 Å². The highest BCUT2D eigenvalue weighted by Gasteiger charge is 2.49. The number of hydrogen-bond donors (Lipinski definition) is 0. The Hall–Kier alpha value is 0. The summed E-state index contributed by atoms with van der Waals surface area (Å²) in [5, 5.41) is 0. The topological polar surface area (TPSA) is 0 Å². The predicted molar refractivity (Wildman–Crippen MR) is 83.2 cm³/mol. The van der Waals surface area contributed by atoms with Crippen molar-refractivity contribution in [2.24, 2.45) is 23.2 Å². The highest BCUT2D eigenvalue weighted by atomic mass is 14.5. The Morgan fingerprint density at radius 3 is 2.32 bits per heavy atom. The molecule has 0 saturated heterocycles.